The van der Waals surface area contributed by atoms with Crippen molar-refractivity contribution in [2.45, 2.75) is 45.4 Å². The molecule has 10 heteroatoms. The van der Waals surface area contributed by atoms with Crippen LogP contribution < -0.4 is 10.2 Å². The normalized spacial score (nSPS) is 12.0. The first kappa shape index (κ1) is 31.7. The van der Waals surface area contributed by atoms with Gasteiger partial charge in [0, 0.05) is 42.4 Å². The van der Waals surface area contributed by atoms with E-state index in [0.29, 0.717) is 42.0 Å². The van der Waals surface area contributed by atoms with Crippen LogP contribution in [0.3, 0.4) is 0 Å². The highest BCUT2D eigenvalue weighted by molar-refractivity contribution is 7.98. The van der Waals surface area contributed by atoms with Crippen LogP contribution in [0.15, 0.2) is 85.5 Å². The van der Waals surface area contributed by atoms with E-state index in [-0.39, 0.29) is 5.82 Å². The number of nitrogens with zero attached hydrogens (tertiary/aromatic N) is 3. The molecule has 4 rings (SSSR count). The molecule has 1 atom stereocenters. The average molecular weight is 607 g/mol. The molecular formula is C33H36F2N4O3S. The molecular weight excluding hydrogens is 570 g/mol. The fourth-order valence-electron chi connectivity index (χ4n) is 4.52. The van der Waals surface area contributed by atoms with Crippen molar-refractivity contribution >= 4 is 35.0 Å². The monoisotopic (exact) mass is 606 g/mol. The van der Waals surface area contributed by atoms with E-state index in [2.05, 4.69) is 10.3 Å². The van der Waals surface area contributed by atoms with Gasteiger partial charge in [0.25, 0.3) is 5.91 Å². The Kier molecular flexibility index (Phi) is 10.6. The third-order valence-electron chi connectivity index (χ3n) is 6.60. The molecule has 1 N–H and O–H groups in total. The molecule has 43 heavy (non-hydrogen) atoms. The number of thioether (sulfide) groups is 1. The van der Waals surface area contributed by atoms with Gasteiger partial charge < -0.3 is 19.5 Å². The van der Waals surface area contributed by atoms with Gasteiger partial charge >= 0.3 is 5.97 Å². The second-order valence-corrected chi connectivity index (χ2v) is 12.0. The van der Waals surface area contributed by atoms with E-state index in [1.807, 2.05) is 34.1 Å². The summed E-state index contributed by atoms with van der Waals surface area (Å²) in [6.45, 7) is 6.46. The summed E-state index contributed by atoms with van der Waals surface area (Å²) in [4.78, 5) is 32.9. The van der Waals surface area contributed by atoms with Gasteiger partial charge in [0.05, 0.1) is 6.33 Å². The van der Waals surface area contributed by atoms with Gasteiger partial charge in [-0.2, -0.15) is 11.8 Å². The topological polar surface area (TPSA) is 76.5 Å². The van der Waals surface area contributed by atoms with Crippen molar-refractivity contribution in [1.29, 1.82) is 0 Å². The minimum atomic E-state index is -0.842. The summed E-state index contributed by atoms with van der Waals surface area (Å²) in [5.41, 5.74) is 2.29. The molecule has 7 nitrogen and oxygen atoms in total. The third kappa shape index (κ3) is 8.90. The van der Waals surface area contributed by atoms with Crippen molar-refractivity contribution in [3.63, 3.8) is 0 Å². The van der Waals surface area contributed by atoms with E-state index in [4.69, 9.17) is 4.74 Å². The lowest BCUT2D eigenvalue weighted by atomic mass is 9.97. The number of hydrogen-bond acceptors (Lipinski definition) is 6. The summed E-state index contributed by atoms with van der Waals surface area (Å²) in [6, 6.07) is 16.6. The summed E-state index contributed by atoms with van der Waals surface area (Å²) in [5, 5.41) is 2.88. The molecule has 226 valence electrons. The fourth-order valence-corrected chi connectivity index (χ4v) is 4.99. The first-order valence-corrected chi connectivity index (χ1v) is 15.3. The summed E-state index contributed by atoms with van der Waals surface area (Å²) in [7, 11) is 0. The Balaban J connectivity index is 1.73. The fraction of sp³-hybridized carbons (Fsp3) is 0.303. The zero-order valence-electron chi connectivity index (χ0n) is 24.7. The Morgan fingerprint density at radius 3 is 2.26 bits per heavy atom. The first-order chi connectivity index (χ1) is 20.5. The molecule has 0 radical (unpaired) electrons. The molecule has 0 spiro atoms. The standard InChI is InChI=1S/C33H36F2N4O3S/c1-33(2,3)42-32(41)30(15-20-43-4)37-31(40)28-14-13-27(21-29(28)23-5-7-24(34)8-6-23)39(19-18-38-17-16-36-22-38)26-11-9-25(35)10-12-26/h5-14,16-17,21-22,30H,15,18-20H2,1-4H3,(H,37,40). The van der Waals surface area contributed by atoms with Crippen LogP contribution in [0.2, 0.25) is 0 Å². The number of benzene rings is 3. The third-order valence-corrected chi connectivity index (χ3v) is 7.25. The molecule has 1 heterocycles. The molecule has 3 aromatic carbocycles. The molecule has 0 aliphatic carbocycles. The number of esters is 1. The number of carbonyl (C=O) groups is 2. The van der Waals surface area contributed by atoms with Crippen molar-refractivity contribution < 1.29 is 23.1 Å². The lowest BCUT2D eigenvalue weighted by Gasteiger charge is -2.27. The van der Waals surface area contributed by atoms with E-state index >= 15 is 0 Å². The van der Waals surface area contributed by atoms with Gasteiger partial charge in [0.1, 0.15) is 23.3 Å². The van der Waals surface area contributed by atoms with E-state index in [1.165, 1.54) is 24.3 Å². The number of hydrogen-bond donors (Lipinski definition) is 1. The minimum absolute atomic E-state index is 0.321. The smallest absolute Gasteiger partial charge is 0.329 e. The Morgan fingerprint density at radius 1 is 1.00 bits per heavy atom. The highest BCUT2D eigenvalue weighted by Crippen LogP contribution is 2.33. The van der Waals surface area contributed by atoms with Crippen molar-refractivity contribution in [2.75, 3.05) is 23.5 Å². The SMILES string of the molecule is CSCCC(NC(=O)c1ccc(N(CCn2ccnc2)c2ccc(F)cc2)cc1-c1ccc(F)cc1)C(=O)OC(C)(C)C. The zero-order valence-corrected chi connectivity index (χ0v) is 25.5. The highest BCUT2D eigenvalue weighted by Gasteiger charge is 2.28. The second kappa shape index (κ2) is 14.3. The number of ether oxygens (including phenoxy) is 1. The molecule has 0 saturated heterocycles. The maximum atomic E-state index is 13.9. The van der Waals surface area contributed by atoms with Crippen LogP contribution in [0.25, 0.3) is 11.1 Å². The van der Waals surface area contributed by atoms with E-state index in [9.17, 15) is 18.4 Å². The van der Waals surface area contributed by atoms with Crippen molar-refractivity contribution in [2.24, 2.45) is 0 Å². The number of halogens is 2. The largest absolute Gasteiger partial charge is 0.458 e. The van der Waals surface area contributed by atoms with Crippen LogP contribution in [-0.4, -0.2) is 51.6 Å². The quantitative estimate of drug-likeness (QED) is 0.178. The van der Waals surface area contributed by atoms with Crippen LogP contribution in [0.4, 0.5) is 20.2 Å². The van der Waals surface area contributed by atoms with Gasteiger partial charge in [-0.05, 0) is 105 Å². The molecule has 0 aliphatic heterocycles. The van der Waals surface area contributed by atoms with E-state index < -0.39 is 29.3 Å². The molecule has 0 aliphatic rings. The number of imidazole rings is 1. The van der Waals surface area contributed by atoms with Crippen molar-refractivity contribution in [1.82, 2.24) is 14.9 Å². The summed E-state index contributed by atoms with van der Waals surface area (Å²) in [6.07, 6.45) is 7.61. The molecule has 1 unspecified atom stereocenters. The maximum absolute atomic E-state index is 13.9. The average Bonchev–Trinajstić information content (AvgIpc) is 3.49. The first-order valence-electron chi connectivity index (χ1n) is 14.0. The number of aromatic nitrogens is 2. The molecule has 1 aromatic heterocycles. The van der Waals surface area contributed by atoms with E-state index in [0.717, 1.165) is 11.4 Å². The van der Waals surface area contributed by atoms with Gasteiger partial charge in [-0.15, -0.1) is 0 Å². The number of rotatable bonds is 12. The van der Waals surface area contributed by atoms with Crippen LogP contribution in [0, 0.1) is 11.6 Å². The summed E-state index contributed by atoms with van der Waals surface area (Å²) < 4.78 is 35.2. The molecule has 1 amide bonds. The van der Waals surface area contributed by atoms with Crippen LogP contribution in [-0.2, 0) is 16.1 Å². The predicted molar refractivity (Wildman–Crippen MR) is 168 cm³/mol. The number of nitrogens with one attached hydrogen (secondary N) is 1. The Morgan fingerprint density at radius 2 is 1.65 bits per heavy atom. The van der Waals surface area contributed by atoms with E-state index in [1.54, 1.807) is 75.4 Å². The van der Waals surface area contributed by atoms with Crippen LogP contribution in [0.5, 0.6) is 0 Å². The lowest BCUT2D eigenvalue weighted by Crippen LogP contribution is -2.44. The molecule has 0 bridgehead atoms. The maximum Gasteiger partial charge on any atom is 0.329 e. The van der Waals surface area contributed by atoms with Crippen LogP contribution in [0.1, 0.15) is 37.6 Å². The van der Waals surface area contributed by atoms with Gasteiger partial charge in [-0.3, -0.25) is 4.79 Å². The minimum Gasteiger partial charge on any atom is -0.458 e. The van der Waals surface area contributed by atoms with Gasteiger partial charge in [0.2, 0.25) is 0 Å². The van der Waals surface area contributed by atoms with Gasteiger partial charge in [0.15, 0.2) is 0 Å². The number of anilines is 2. The highest BCUT2D eigenvalue weighted by atomic mass is 32.2. The van der Waals surface area contributed by atoms with Crippen LogP contribution >= 0.6 is 11.8 Å². The summed E-state index contributed by atoms with van der Waals surface area (Å²) >= 11 is 1.57. The zero-order chi connectivity index (χ0) is 31.0. The van der Waals surface area contributed by atoms with Crippen molar-refractivity contribution in [3.05, 3.63) is 103 Å². The second-order valence-electron chi connectivity index (χ2n) is 11.0. The molecule has 0 fully saturated rings. The molecule has 4 aromatic rings. The van der Waals surface area contributed by atoms with Crippen molar-refractivity contribution in [3.8, 4) is 11.1 Å². The molecule has 0 saturated carbocycles. The Labute approximate surface area is 255 Å². The summed E-state index contributed by atoms with van der Waals surface area (Å²) in [5.74, 6) is -1.05. The Bertz CT molecular complexity index is 1500. The van der Waals surface area contributed by atoms with Gasteiger partial charge in [-0.1, -0.05) is 12.1 Å². The number of carbonyl (C=O) groups excluding carboxylic acids is 2. The predicted octanol–water partition coefficient (Wildman–Crippen LogP) is 6.86. The lowest BCUT2D eigenvalue weighted by molar-refractivity contribution is -0.157. The Hall–Kier alpha value is -4.18. The van der Waals surface area contributed by atoms with Gasteiger partial charge in [-0.25, -0.2) is 18.6 Å². The number of amides is 1.